The van der Waals surface area contributed by atoms with Crippen molar-refractivity contribution in [2.24, 2.45) is 0 Å². The lowest BCUT2D eigenvalue weighted by Crippen LogP contribution is -2.32. The van der Waals surface area contributed by atoms with E-state index in [1.54, 1.807) is 0 Å². The second kappa shape index (κ2) is 6.09. The molecule has 1 aromatic carbocycles. The molecular weight excluding hydrogens is 288 g/mol. The van der Waals surface area contributed by atoms with Crippen molar-refractivity contribution in [2.75, 3.05) is 25.5 Å². The largest absolute Gasteiger partial charge is 0.472 e. The maximum Gasteiger partial charge on any atom is 0.323 e. The first-order chi connectivity index (χ1) is 10.3. The third-order valence-electron chi connectivity index (χ3n) is 3.54. The maximum absolute atomic E-state index is 12.2. The summed E-state index contributed by atoms with van der Waals surface area (Å²) in [6, 6.07) is 10.2. The van der Waals surface area contributed by atoms with E-state index in [0.29, 0.717) is 16.2 Å². The van der Waals surface area contributed by atoms with Crippen LogP contribution in [-0.2, 0) is 0 Å². The second-order valence-corrected chi connectivity index (χ2v) is 5.79. The first-order valence-electron chi connectivity index (χ1n) is 6.74. The third-order valence-corrected chi connectivity index (χ3v) is 4.34. The number of nitrogens with one attached hydrogen (secondary N) is 1. The van der Waals surface area contributed by atoms with Gasteiger partial charge in [0.1, 0.15) is 0 Å². The number of carbonyl (C=O) groups excluding carboxylic acids is 1. The van der Waals surface area contributed by atoms with Gasteiger partial charge in [0.25, 0.3) is 5.19 Å². The highest BCUT2D eigenvalue weighted by Crippen LogP contribution is 2.28. The van der Waals surface area contributed by atoms with Gasteiger partial charge in [-0.3, -0.25) is 5.32 Å². The summed E-state index contributed by atoms with van der Waals surface area (Å²) in [6.45, 7) is 1.48. The van der Waals surface area contributed by atoms with E-state index >= 15 is 0 Å². The van der Waals surface area contributed by atoms with Gasteiger partial charge in [0.2, 0.25) is 5.13 Å². The van der Waals surface area contributed by atoms with Crippen LogP contribution in [0.4, 0.5) is 9.93 Å². The van der Waals surface area contributed by atoms with Gasteiger partial charge < -0.3 is 9.64 Å². The first-order valence-corrected chi connectivity index (χ1v) is 7.56. The molecule has 7 heteroatoms. The number of nitrogens with zero attached hydrogens (tertiary/aromatic N) is 3. The average molecular weight is 304 g/mol. The zero-order valence-electron chi connectivity index (χ0n) is 11.7. The van der Waals surface area contributed by atoms with Gasteiger partial charge >= 0.3 is 6.03 Å². The third kappa shape index (κ3) is 3.13. The normalized spacial score (nSPS) is 17.8. The molecule has 3 rings (SSSR count). The topological polar surface area (TPSA) is 67.4 Å². The molecule has 0 radical (unpaired) electrons. The minimum absolute atomic E-state index is 0.132. The number of anilines is 1. The van der Waals surface area contributed by atoms with Crippen molar-refractivity contribution >= 4 is 22.5 Å². The fourth-order valence-corrected chi connectivity index (χ4v) is 3.01. The van der Waals surface area contributed by atoms with Crippen LogP contribution in [0.25, 0.3) is 0 Å². The van der Waals surface area contributed by atoms with Crippen LogP contribution in [0, 0.1) is 0 Å². The molecule has 21 heavy (non-hydrogen) atoms. The van der Waals surface area contributed by atoms with E-state index in [0.717, 1.165) is 19.5 Å². The SMILES string of the molecule is COc1nnc(NC(=O)N2CC[C@H](c3ccccc3)C2)s1. The Balaban J connectivity index is 1.59. The summed E-state index contributed by atoms with van der Waals surface area (Å²) >= 11 is 1.21. The second-order valence-electron chi connectivity index (χ2n) is 4.85. The smallest absolute Gasteiger partial charge is 0.323 e. The number of ether oxygens (including phenoxy) is 1. The van der Waals surface area contributed by atoms with Gasteiger partial charge in [-0.2, -0.15) is 0 Å². The number of amides is 2. The maximum atomic E-state index is 12.2. The van der Waals surface area contributed by atoms with E-state index in [9.17, 15) is 4.79 Å². The van der Waals surface area contributed by atoms with Crippen LogP contribution in [0.5, 0.6) is 5.19 Å². The van der Waals surface area contributed by atoms with Crippen molar-refractivity contribution in [3.8, 4) is 5.19 Å². The number of hydrogen-bond acceptors (Lipinski definition) is 5. The summed E-state index contributed by atoms with van der Waals surface area (Å²) in [5.74, 6) is 0.404. The summed E-state index contributed by atoms with van der Waals surface area (Å²) in [5, 5.41) is 11.3. The molecule has 0 saturated carbocycles. The number of urea groups is 1. The van der Waals surface area contributed by atoms with Crippen LogP contribution in [0.1, 0.15) is 17.9 Å². The standard InChI is InChI=1S/C14H16N4O2S/c1-20-14-17-16-12(21-14)15-13(19)18-8-7-11(9-18)10-5-3-2-4-6-10/h2-6,11H,7-9H2,1H3,(H,15,16,19)/t11-/m0/s1. The molecule has 0 unspecified atom stereocenters. The van der Waals surface area contributed by atoms with Crippen LogP contribution in [0.15, 0.2) is 30.3 Å². The van der Waals surface area contributed by atoms with E-state index in [1.807, 2.05) is 23.1 Å². The Hall–Kier alpha value is -2.15. The van der Waals surface area contributed by atoms with Gasteiger partial charge in [-0.05, 0) is 23.3 Å². The van der Waals surface area contributed by atoms with Gasteiger partial charge in [0.15, 0.2) is 0 Å². The molecule has 1 N–H and O–H groups in total. The summed E-state index contributed by atoms with van der Waals surface area (Å²) < 4.78 is 4.96. The van der Waals surface area contributed by atoms with E-state index in [4.69, 9.17) is 4.74 Å². The van der Waals surface area contributed by atoms with Crippen LogP contribution >= 0.6 is 11.3 Å². The van der Waals surface area contributed by atoms with Gasteiger partial charge in [0.05, 0.1) is 7.11 Å². The number of aromatic nitrogens is 2. The highest BCUT2D eigenvalue weighted by molar-refractivity contribution is 7.17. The Morgan fingerprint density at radius 1 is 1.38 bits per heavy atom. The van der Waals surface area contributed by atoms with Gasteiger partial charge in [-0.15, -0.1) is 5.10 Å². The fourth-order valence-electron chi connectivity index (χ4n) is 2.46. The first kappa shape index (κ1) is 13.8. The van der Waals surface area contributed by atoms with Gasteiger partial charge in [-0.1, -0.05) is 35.4 Å². The van der Waals surface area contributed by atoms with Crippen molar-refractivity contribution in [1.29, 1.82) is 0 Å². The van der Waals surface area contributed by atoms with Crippen LogP contribution in [0.2, 0.25) is 0 Å². The van der Waals surface area contributed by atoms with Crippen LogP contribution < -0.4 is 10.1 Å². The number of benzene rings is 1. The van der Waals surface area contributed by atoms with Crippen molar-refractivity contribution < 1.29 is 9.53 Å². The Kier molecular flexibility index (Phi) is 4.01. The Morgan fingerprint density at radius 2 is 2.19 bits per heavy atom. The van der Waals surface area contributed by atoms with Gasteiger partial charge in [-0.25, -0.2) is 4.79 Å². The molecule has 0 bridgehead atoms. The number of methoxy groups -OCH3 is 1. The zero-order valence-corrected chi connectivity index (χ0v) is 12.5. The molecule has 2 aromatic rings. The summed E-state index contributed by atoms with van der Waals surface area (Å²) in [7, 11) is 1.52. The number of rotatable bonds is 3. The van der Waals surface area contributed by atoms with E-state index in [-0.39, 0.29) is 6.03 Å². The predicted octanol–water partition coefficient (Wildman–Crippen LogP) is 2.57. The minimum Gasteiger partial charge on any atom is -0.472 e. The molecule has 6 nitrogen and oxygen atoms in total. The predicted molar refractivity (Wildman–Crippen MR) is 80.9 cm³/mol. The molecular formula is C14H16N4O2S. The van der Waals surface area contributed by atoms with Crippen molar-refractivity contribution in [1.82, 2.24) is 15.1 Å². The number of carbonyl (C=O) groups is 1. The Labute approximate surface area is 126 Å². The lowest BCUT2D eigenvalue weighted by atomic mass is 9.99. The average Bonchev–Trinajstić information content (AvgIpc) is 3.17. The fraction of sp³-hybridized carbons (Fsp3) is 0.357. The summed E-state index contributed by atoms with van der Waals surface area (Å²) in [5.41, 5.74) is 1.28. The quantitative estimate of drug-likeness (QED) is 0.946. The van der Waals surface area contributed by atoms with Gasteiger partial charge in [0, 0.05) is 19.0 Å². The summed E-state index contributed by atoms with van der Waals surface area (Å²) in [6.07, 6.45) is 0.983. The van der Waals surface area contributed by atoms with Crippen LogP contribution in [0.3, 0.4) is 0 Å². The van der Waals surface area contributed by atoms with Crippen LogP contribution in [-0.4, -0.2) is 41.3 Å². The highest BCUT2D eigenvalue weighted by atomic mass is 32.1. The number of hydrogen-bond donors (Lipinski definition) is 1. The van der Waals surface area contributed by atoms with E-state index in [1.165, 1.54) is 24.0 Å². The number of likely N-dealkylation sites (tertiary alicyclic amines) is 1. The minimum atomic E-state index is -0.132. The van der Waals surface area contributed by atoms with Crippen molar-refractivity contribution in [2.45, 2.75) is 12.3 Å². The monoisotopic (exact) mass is 304 g/mol. The molecule has 1 aromatic heterocycles. The molecule has 1 aliphatic rings. The molecule has 0 spiro atoms. The Bertz CT molecular complexity index is 616. The molecule has 2 heterocycles. The molecule has 1 fully saturated rings. The van der Waals surface area contributed by atoms with Crippen molar-refractivity contribution in [3.63, 3.8) is 0 Å². The zero-order chi connectivity index (χ0) is 14.7. The molecule has 1 saturated heterocycles. The lowest BCUT2D eigenvalue weighted by Gasteiger charge is -2.16. The molecule has 2 amide bonds. The Morgan fingerprint density at radius 3 is 2.90 bits per heavy atom. The molecule has 1 atom stereocenters. The van der Waals surface area contributed by atoms with E-state index < -0.39 is 0 Å². The van der Waals surface area contributed by atoms with E-state index in [2.05, 4.69) is 27.6 Å². The summed E-state index contributed by atoms with van der Waals surface area (Å²) in [4.78, 5) is 14.0. The highest BCUT2D eigenvalue weighted by Gasteiger charge is 2.27. The lowest BCUT2D eigenvalue weighted by molar-refractivity contribution is 0.222. The van der Waals surface area contributed by atoms with Crippen molar-refractivity contribution in [3.05, 3.63) is 35.9 Å². The molecule has 0 aliphatic carbocycles. The molecule has 110 valence electrons. The molecule has 1 aliphatic heterocycles.